The fourth-order valence-electron chi connectivity index (χ4n) is 4.42. The molecule has 0 amide bonds. The second-order valence-electron chi connectivity index (χ2n) is 7.82. The lowest BCUT2D eigenvalue weighted by atomic mass is 9.81. The van der Waals surface area contributed by atoms with E-state index < -0.39 is 6.10 Å². The first-order valence-corrected chi connectivity index (χ1v) is 9.48. The Hall–Kier alpha value is -1.13. The Labute approximate surface area is 145 Å². The van der Waals surface area contributed by atoms with Crippen LogP contribution in [0.5, 0.6) is 0 Å². The summed E-state index contributed by atoms with van der Waals surface area (Å²) in [7, 11) is 0. The van der Waals surface area contributed by atoms with Crippen LogP contribution < -0.4 is 0 Å². The van der Waals surface area contributed by atoms with Crippen LogP contribution in [0.25, 0.3) is 0 Å². The molecule has 2 heterocycles. The number of rotatable bonds is 2. The zero-order valence-corrected chi connectivity index (χ0v) is 15.0. The van der Waals surface area contributed by atoms with Gasteiger partial charge in [-0.05, 0) is 52.6 Å². The third-order valence-electron chi connectivity index (χ3n) is 5.77. The summed E-state index contributed by atoms with van der Waals surface area (Å²) in [4.78, 5) is 14.9. The molecule has 3 rings (SSSR count). The number of likely N-dealkylation sites (tertiary alicyclic amines) is 1. The maximum absolute atomic E-state index is 12.5. The summed E-state index contributed by atoms with van der Waals surface area (Å²) in [5.74, 6) is -0.456. The number of allylic oxidation sites excluding steroid dienone is 2. The Kier molecular flexibility index (Phi) is 5.77. The van der Waals surface area contributed by atoms with Gasteiger partial charge in [0.05, 0.1) is 12.0 Å². The lowest BCUT2D eigenvalue weighted by Gasteiger charge is -2.31. The number of carbonyl (C=O) groups is 1. The highest BCUT2D eigenvalue weighted by Gasteiger charge is 2.48. The molecule has 0 aromatic rings. The summed E-state index contributed by atoms with van der Waals surface area (Å²) in [6.07, 6.45) is 9.82. The number of carbonyl (C=O) groups excluding carboxylic acids is 1. The fraction of sp³-hybridized carbons (Fsp3) is 0.750. The molecule has 4 atom stereocenters. The molecule has 24 heavy (non-hydrogen) atoms. The Morgan fingerprint density at radius 3 is 2.71 bits per heavy atom. The highest BCUT2D eigenvalue weighted by atomic mass is 16.6. The molecule has 0 aromatic heterocycles. The highest BCUT2D eigenvalue weighted by molar-refractivity contribution is 5.76. The van der Waals surface area contributed by atoms with Crippen molar-refractivity contribution in [2.45, 2.75) is 64.6 Å². The summed E-state index contributed by atoms with van der Waals surface area (Å²) >= 11 is 0. The average molecular weight is 333 g/mol. The van der Waals surface area contributed by atoms with Crippen molar-refractivity contribution in [2.75, 3.05) is 19.6 Å². The molecular formula is C20H31NO3. The van der Waals surface area contributed by atoms with Gasteiger partial charge in [-0.2, -0.15) is 0 Å². The number of esters is 1. The standard InChI is InChI=1S/C20H31NO3/c1-14-7-6-8-15(2)12-18-19(17(22)11-14)16(20(23)24-18)13-21-9-4-3-5-10-21/h8,11,16-19,22H,3-7,9-10,12-13H2,1-2H3/b14-11+,15-8-/t16-,17+,18-,19+/m0/s1. The number of fused-ring (bicyclic) bond motifs is 1. The van der Waals surface area contributed by atoms with Crippen molar-refractivity contribution in [1.82, 2.24) is 4.90 Å². The summed E-state index contributed by atoms with van der Waals surface area (Å²) in [6, 6.07) is 0. The monoisotopic (exact) mass is 333 g/mol. The van der Waals surface area contributed by atoms with Gasteiger partial charge in [-0.15, -0.1) is 0 Å². The molecule has 2 aliphatic heterocycles. The SMILES string of the molecule is C/C1=C/CC/C(C)=C/[C@@H](O)[C@@H]2[C@H](C1)OC(=O)[C@H]2CN1CCCCC1. The van der Waals surface area contributed by atoms with Crippen LogP contribution in [-0.2, 0) is 9.53 Å². The van der Waals surface area contributed by atoms with Gasteiger partial charge in [0.2, 0.25) is 0 Å². The van der Waals surface area contributed by atoms with Crippen LogP contribution in [0.3, 0.4) is 0 Å². The molecular weight excluding hydrogens is 302 g/mol. The van der Waals surface area contributed by atoms with E-state index in [4.69, 9.17) is 4.74 Å². The third kappa shape index (κ3) is 4.09. The van der Waals surface area contributed by atoms with Crippen LogP contribution in [0, 0.1) is 11.8 Å². The van der Waals surface area contributed by atoms with E-state index in [-0.39, 0.29) is 23.9 Å². The topological polar surface area (TPSA) is 49.8 Å². The lowest BCUT2D eigenvalue weighted by Crippen LogP contribution is -2.41. The van der Waals surface area contributed by atoms with Gasteiger partial charge in [0.25, 0.3) is 0 Å². The van der Waals surface area contributed by atoms with Gasteiger partial charge < -0.3 is 14.7 Å². The van der Waals surface area contributed by atoms with E-state index in [0.717, 1.165) is 38.9 Å². The van der Waals surface area contributed by atoms with E-state index in [2.05, 4.69) is 24.8 Å². The van der Waals surface area contributed by atoms with Crippen LogP contribution in [0.1, 0.15) is 52.4 Å². The van der Waals surface area contributed by atoms with Gasteiger partial charge >= 0.3 is 5.97 Å². The lowest BCUT2D eigenvalue weighted by molar-refractivity contribution is -0.144. The number of piperidine rings is 1. The van der Waals surface area contributed by atoms with Crippen molar-refractivity contribution in [1.29, 1.82) is 0 Å². The molecule has 1 aliphatic carbocycles. The van der Waals surface area contributed by atoms with E-state index in [9.17, 15) is 9.90 Å². The molecule has 1 N–H and O–H groups in total. The minimum absolute atomic E-state index is 0.118. The van der Waals surface area contributed by atoms with Crippen LogP contribution in [0.4, 0.5) is 0 Å². The first-order chi connectivity index (χ1) is 11.5. The van der Waals surface area contributed by atoms with Gasteiger partial charge in [-0.1, -0.05) is 29.7 Å². The van der Waals surface area contributed by atoms with Crippen molar-refractivity contribution < 1.29 is 14.6 Å². The summed E-state index contributed by atoms with van der Waals surface area (Å²) < 4.78 is 5.73. The largest absolute Gasteiger partial charge is 0.461 e. The molecule has 2 fully saturated rings. The van der Waals surface area contributed by atoms with E-state index in [1.807, 2.05) is 6.08 Å². The van der Waals surface area contributed by atoms with Crippen LogP contribution in [0.15, 0.2) is 23.3 Å². The minimum Gasteiger partial charge on any atom is -0.461 e. The van der Waals surface area contributed by atoms with Crippen molar-refractivity contribution in [3.05, 3.63) is 23.3 Å². The van der Waals surface area contributed by atoms with Gasteiger partial charge in [0.1, 0.15) is 6.10 Å². The fourth-order valence-corrected chi connectivity index (χ4v) is 4.42. The maximum Gasteiger partial charge on any atom is 0.311 e. The molecule has 4 nitrogen and oxygen atoms in total. The summed E-state index contributed by atoms with van der Waals surface area (Å²) in [6.45, 7) is 7.03. The van der Waals surface area contributed by atoms with E-state index in [1.165, 1.54) is 30.4 Å². The smallest absolute Gasteiger partial charge is 0.311 e. The van der Waals surface area contributed by atoms with Crippen molar-refractivity contribution in [3.8, 4) is 0 Å². The number of nitrogens with zero attached hydrogens (tertiary/aromatic N) is 1. The first kappa shape index (κ1) is 17.7. The molecule has 0 radical (unpaired) electrons. The molecule has 3 aliphatic rings. The predicted molar refractivity (Wildman–Crippen MR) is 94.5 cm³/mol. The Morgan fingerprint density at radius 2 is 1.96 bits per heavy atom. The molecule has 134 valence electrons. The van der Waals surface area contributed by atoms with Gasteiger partial charge in [0.15, 0.2) is 0 Å². The first-order valence-electron chi connectivity index (χ1n) is 9.48. The quantitative estimate of drug-likeness (QED) is 0.623. The van der Waals surface area contributed by atoms with Crippen molar-refractivity contribution >= 4 is 5.97 Å². The van der Waals surface area contributed by atoms with Gasteiger partial charge in [0, 0.05) is 18.9 Å². The highest BCUT2D eigenvalue weighted by Crippen LogP contribution is 2.37. The van der Waals surface area contributed by atoms with E-state index in [1.54, 1.807) is 0 Å². The van der Waals surface area contributed by atoms with Gasteiger partial charge in [-0.3, -0.25) is 4.79 Å². The van der Waals surface area contributed by atoms with E-state index >= 15 is 0 Å². The summed E-state index contributed by atoms with van der Waals surface area (Å²) in [5, 5.41) is 10.8. The second-order valence-corrected chi connectivity index (χ2v) is 7.82. The Bertz CT molecular complexity index is 519. The molecule has 0 spiro atoms. The average Bonchev–Trinajstić information content (AvgIpc) is 2.83. The molecule has 0 bridgehead atoms. The number of aliphatic hydroxyl groups is 1. The minimum atomic E-state index is -0.595. The van der Waals surface area contributed by atoms with Crippen LogP contribution >= 0.6 is 0 Å². The number of aliphatic hydroxyl groups excluding tert-OH is 1. The molecule has 0 unspecified atom stereocenters. The summed E-state index contributed by atoms with van der Waals surface area (Å²) in [5.41, 5.74) is 2.46. The molecule has 2 saturated heterocycles. The predicted octanol–water partition coefficient (Wildman–Crippen LogP) is 3.07. The van der Waals surface area contributed by atoms with Gasteiger partial charge in [-0.25, -0.2) is 0 Å². The number of hydrogen-bond acceptors (Lipinski definition) is 4. The van der Waals surface area contributed by atoms with Crippen LogP contribution in [0.2, 0.25) is 0 Å². The molecule has 0 aromatic carbocycles. The van der Waals surface area contributed by atoms with Crippen LogP contribution in [-0.4, -0.2) is 47.8 Å². The van der Waals surface area contributed by atoms with Crippen molar-refractivity contribution in [2.24, 2.45) is 11.8 Å². The van der Waals surface area contributed by atoms with Crippen molar-refractivity contribution in [3.63, 3.8) is 0 Å². The number of hydrogen-bond donors (Lipinski definition) is 1. The van der Waals surface area contributed by atoms with E-state index in [0.29, 0.717) is 0 Å². The maximum atomic E-state index is 12.5. The normalized spacial score (nSPS) is 40.0. The number of ether oxygens (including phenoxy) is 1. The second kappa shape index (κ2) is 7.83. The Morgan fingerprint density at radius 1 is 1.21 bits per heavy atom. The third-order valence-corrected chi connectivity index (χ3v) is 5.77. The zero-order chi connectivity index (χ0) is 17.1. The Balaban J connectivity index is 1.81. The molecule has 0 saturated carbocycles. The zero-order valence-electron chi connectivity index (χ0n) is 15.0. The molecule has 4 heteroatoms.